The van der Waals surface area contributed by atoms with Gasteiger partial charge in [0.25, 0.3) is 0 Å². The van der Waals surface area contributed by atoms with Crippen molar-refractivity contribution in [2.24, 2.45) is 4.99 Å². The van der Waals surface area contributed by atoms with E-state index in [0.29, 0.717) is 0 Å². The zero-order valence-corrected chi connectivity index (χ0v) is 7.98. The Balaban J connectivity index is 2.26. The van der Waals surface area contributed by atoms with Crippen molar-refractivity contribution >= 4 is 6.20 Å². The van der Waals surface area contributed by atoms with Crippen LogP contribution in [0.1, 0.15) is 12.8 Å². The average molecular weight is 184 g/mol. The van der Waals surface area contributed by atoms with Crippen LogP contribution in [0.3, 0.4) is 0 Å². The van der Waals surface area contributed by atoms with Crippen molar-refractivity contribution in [1.29, 1.82) is 0 Å². The molecule has 70 valence electrons. The van der Waals surface area contributed by atoms with E-state index in [1.165, 1.54) is 17.3 Å². The maximum Gasteiger partial charge on any atom is 0.0717 e. The van der Waals surface area contributed by atoms with Crippen molar-refractivity contribution in [1.82, 2.24) is 4.90 Å². The highest BCUT2D eigenvalue weighted by molar-refractivity contribution is 5.31. The molecule has 0 unspecified atom stereocenters. The first-order valence-corrected chi connectivity index (χ1v) is 5.04. The second-order valence-corrected chi connectivity index (χ2v) is 3.73. The third kappa shape index (κ3) is 1.15. The van der Waals surface area contributed by atoms with Crippen molar-refractivity contribution in [3.8, 4) is 0 Å². The summed E-state index contributed by atoms with van der Waals surface area (Å²) in [6.07, 6.45) is 6.63. The van der Waals surface area contributed by atoms with Crippen molar-refractivity contribution < 1.29 is 0 Å². The first-order valence-electron chi connectivity index (χ1n) is 5.04. The van der Waals surface area contributed by atoms with E-state index >= 15 is 0 Å². The van der Waals surface area contributed by atoms with Crippen LogP contribution in [0.5, 0.6) is 0 Å². The highest BCUT2D eigenvalue weighted by Crippen LogP contribution is 2.21. The largest absolute Gasteiger partial charge is 0.349 e. The number of nitrogens with zero attached hydrogens (tertiary/aromatic N) is 2. The molecule has 1 fully saturated rings. The molecule has 0 N–H and O–H groups in total. The lowest BCUT2D eigenvalue weighted by atomic mass is 10.3. The quantitative estimate of drug-likeness (QED) is 0.587. The van der Waals surface area contributed by atoms with Crippen LogP contribution in [-0.2, 0) is 0 Å². The highest BCUT2D eigenvalue weighted by atomic mass is 15.1. The predicted molar refractivity (Wildman–Crippen MR) is 55.7 cm³/mol. The van der Waals surface area contributed by atoms with Gasteiger partial charge >= 0.3 is 0 Å². The molecular weight excluding hydrogens is 172 g/mol. The lowest BCUT2D eigenvalue weighted by molar-refractivity contribution is 0.580. The van der Waals surface area contributed by atoms with E-state index < -0.39 is 0 Å². The van der Waals surface area contributed by atoms with Crippen LogP contribution in [0.15, 0.2) is 41.2 Å². The molecule has 1 saturated heterocycles. The van der Waals surface area contributed by atoms with Crippen LogP contribution >= 0.6 is 0 Å². The van der Waals surface area contributed by atoms with Crippen LogP contribution < -0.4 is 10.6 Å². The summed E-state index contributed by atoms with van der Waals surface area (Å²) in [5, 5.41) is 2.30. The van der Waals surface area contributed by atoms with Crippen molar-refractivity contribution in [2.45, 2.75) is 12.8 Å². The van der Waals surface area contributed by atoms with E-state index in [1.54, 1.807) is 0 Å². The van der Waals surface area contributed by atoms with Crippen molar-refractivity contribution in [3.63, 3.8) is 0 Å². The topological polar surface area (TPSA) is 15.6 Å². The minimum atomic E-state index is 1.08. The van der Waals surface area contributed by atoms with Gasteiger partial charge in [0.15, 0.2) is 0 Å². The maximum atomic E-state index is 4.49. The Labute approximate surface area is 82.9 Å². The van der Waals surface area contributed by atoms with Gasteiger partial charge in [-0.1, -0.05) is 18.2 Å². The summed E-state index contributed by atoms with van der Waals surface area (Å²) in [5.74, 6) is 0. The Hall–Kier alpha value is -1.57. The van der Waals surface area contributed by atoms with Crippen molar-refractivity contribution in [3.05, 3.63) is 46.7 Å². The minimum Gasteiger partial charge on any atom is -0.349 e. The summed E-state index contributed by atoms with van der Waals surface area (Å²) in [4.78, 5) is 6.81. The zero-order valence-electron chi connectivity index (χ0n) is 7.98. The molecule has 2 aliphatic heterocycles. The molecule has 0 aromatic heterocycles. The first kappa shape index (κ1) is 7.80. The van der Waals surface area contributed by atoms with E-state index in [4.69, 9.17) is 0 Å². The molecule has 2 aliphatic rings. The third-order valence-electron chi connectivity index (χ3n) is 2.79. The molecule has 14 heavy (non-hydrogen) atoms. The first-order chi connectivity index (χ1) is 6.93. The Morgan fingerprint density at radius 2 is 2.14 bits per heavy atom. The lowest BCUT2D eigenvalue weighted by Gasteiger charge is -2.11. The van der Waals surface area contributed by atoms with Gasteiger partial charge in [0.2, 0.25) is 0 Å². The van der Waals surface area contributed by atoms with Crippen LogP contribution in [0.25, 0.3) is 6.20 Å². The fraction of sp³-hybridized carbons (Fsp3) is 0.250. The number of rotatable bonds is 0. The number of benzene rings is 1. The van der Waals surface area contributed by atoms with Crippen molar-refractivity contribution in [2.75, 3.05) is 6.54 Å². The summed E-state index contributed by atoms with van der Waals surface area (Å²) >= 11 is 0. The standard InChI is InChI=1S/C12H12N2/c1-2-6-12-10(4-1)9-14-7-3-5-11(14)8-13-12/h1-2,4,6,8-9H,3,5,7H2. The SMILES string of the molecule is C1=C2CCCN2C=c2ccccc2=N1. The molecular formula is C12H12N2. The molecule has 2 heteroatoms. The van der Waals surface area contributed by atoms with Gasteiger partial charge in [0.05, 0.1) is 5.36 Å². The smallest absolute Gasteiger partial charge is 0.0717 e. The Morgan fingerprint density at radius 3 is 3.14 bits per heavy atom. The number of para-hydroxylation sites is 1. The molecule has 2 nitrogen and oxygen atoms in total. The van der Waals surface area contributed by atoms with E-state index in [2.05, 4.69) is 34.3 Å². The molecule has 2 heterocycles. The maximum absolute atomic E-state index is 4.49. The molecule has 1 aromatic rings. The van der Waals surface area contributed by atoms with Gasteiger partial charge in [-0.2, -0.15) is 0 Å². The second-order valence-electron chi connectivity index (χ2n) is 3.73. The molecule has 0 radical (unpaired) electrons. The summed E-state index contributed by atoms with van der Waals surface area (Å²) in [5.41, 5.74) is 1.35. The number of allylic oxidation sites excluding steroid dienone is 1. The molecule has 0 spiro atoms. The van der Waals surface area contributed by atoms with E-state index in [-0.39, 0.29) is 0 Å². The molecule has 0 aliphatic carbocycles. The monoisotopic (exact) mass is 184 g/mol. The van der Waals surface area contributed by atoms with Gasteiger partial charge in [-0.05, 0) is 18.9 Å². The average Bonchev–Trinajstić information content (AvgIpc) is 2.58. The Bertz CT molecular complexity index is 499. The minimum absolute atomic E-state index is 1.08. The summed E-state index contributed by atoms with van der Waals surface area (Å²) < 4.78 is 0. The lowest BCUT2D eigenvalue weighted by Crippen LogP contribution is -2.25. The number of hydrogen-bond acceptors (Lipinski definition) is 2. The van der Waals surface area contributed by atoms with Crippen LogP contribution in [0.4, 0.5) is 0 Å². The van der Waals surface area contributed by atoms with E-state index in [9.17, 15) is 0 Å². The van der Waals surface area contributed by atoms with E-state index in [0.717, 1.165) is 18.3 Å². The molecule has 1 aromatic carbocycles. The molecule has 0 atom stereocenters. The third-order valence-corrected chi connectivity index (χ3v) is 2.79. The van der Waals surface area contributed by atoms with E-state index in [1.807, 2.05) is 12.3 Å². The molecule has 3 rings (SSSR count). The summed E-state index contributed by atoms with van der Waals surface area (Å²) in [7, 11) is 0. The Morgan fingerprint density at radius 1 is 1.21 bits per heavy atom. The van der Waals surface area contributed by atoms with Gasteiger partial charge in [0.1, 0.15) is 0 Å². The highest BCUT2D eigenvalue weighted by Gasteiger charge is 2.15. The van der Waals surface area contributed by atoms with Crippen LogP contribution in [-0.4, -0.2) is 11.4 Å². The fourth-order valence-electron chi connectivity index (χ4n) is 2.03. The van der Waals surface area contributed by atoms with Gasteiger partial charge in [-0.15, -0.1) is 0 Å². The fourth-order valence-corrected chi connectivity index (χ4v) is 2.03. The van der Waals surface area contributed by atoms with Crippen LogP contribution in [0.2, 0.25) is 0 Å². The number of hydrogen-bond donors (Lipinski definition) is 0. The molecule has 0 bridgehead atoms. The Kier molecular flexibility index (Phi) is 1.66. The van der Waals surface area contributed by atoms with Gasteiger partial charge < -0.3 is 4.90 Å². The van der Waals surface area contributed by atoms with Crippen LogP contribution in [0, 0.1) is 0 Å². The number of fused-ring (bicyclic) bond motifs is 2. The predicted octanol–water partition coefficient (Wildman–Crippen LogP) is 0.995. The normalized spacial score (nSPS) is 18.6. The summed E-state index contributed by atoms with van der Waals surface area (Å²) in [6, 6.07) is 8.27. The second kappa shape index (κ2) is 2.98. The summed E-state index contributed by atoms with van der Waals surface area (Å²) in [6.45, 7) is 1.13. The van der Waals surface area contributed by atoms with Gasteiger partial charge in [-0.25, -0.2) is 0 Å². The van der Waals surface area contributed by atoms with Gasteiger partial charge in [0, 0.05) is 29.9 Å². The van der Waals surface area contributed by atoms with Gasteiger partial charge in [-0.3, -0.25) is 4.99 Å². The molecule has 0 amide bonds. The zero-order chi connectivity index (χ0) is 9.38. The molecule has 0 saturated carbocycles.